The molecule has 0 atom stereocenters. The molecule has 0 saturated heterocycles. The molecule has 2 rings (SSSR count). The van der Waals surface area contributed by atoms with Crippen LogP contribution in [0, 0.1) is 6.92 Å². The fourth-order valence-corrected chi connectivity index (χ4v) is 1.98. The summed E-state index contributed by atoms with van der Waals surface area (Å²) in [5.41, 5.74) is 1.85. The summed E-state index contributed by atoms with van der Waals surface area (Å²) < 4.78 is 2.54. The van der Waals surface area contributed by atoms with Crippen molar-refractivity contribution in [3.05, 3.63) is 51.1 Å². The Kier molecular flexibility index (Phi) is 2.29. The first-order chi connectivity index (χ1) is 6.66. The Morgan fingerprint density at radius 2 is 2.14 bits per heavy atom. The standard InChI is InChI=1S/C10H9BrN2O/c1-7-4-8(11)6-9(5-7)13-3-2-12-10(13)14/h2-6H,1H3,(H,12,14). The van der Waals surface area contributed by atoms with Crippen molar-refractivity contribution in [1.82, 2.24) is 9.55 Å². The number of hydrogen-bond acceptors (Lipinski definition) is 1. The molecule has 0 aliphatic heterocycles. The van der Waals surface area contributed by atoms with Gasteiger partial charge in [-0.1, -0.05) is 15.9 Å². The van der Waals surface area contributed by atoms with Gasteiger partial charge in [-0.25, -0.2) is 4.79 Å². The lowest BCUT2D eigenvalue weighted by Crippen LogP contribution is -2.13. The van der Waals surface area contributed by atoms with Crippen LogP contribution in [0.3, 0.4) is 0 Å². The zero-order valence-electron chi connectivity index (χ0n) is 7.62. The summed E-state index contributed by atoms with van der Waals surface area (Å²) in [6.07, 6.45) is 3.34. The fraction of sp³-hybridized carbons (Fsp3) is 0.100. The highest BCUT2D eigenvalue weighted by Crippen LogP contribution is 2.17. The number of aromatic nitrogens is 2. The van der Waals surface area contributed by atoms with E-state index in [2.05, 4.69) is 20.9 Å². The van der Waals surface area contributed by atoms with E-state index in [1.54, 1.807) is 17.0 Å². The van der Waals surface area contributed by atoms with Gasteiger partial charge in [0.2, 0.25) is 0 Å². The van der Waals surface area contributed by atoms with Crippen molar-refractivity contribution < 1.29 is 0 Å². The van der Waals surface area contributed by atoms with Crippen LogP contribution < -0.4 is 5.69 Å². The van der Waals surface area contributed by atoms with Gasteiger partial charge in [0.05, 0.1) is 5.69 Å². The van der Waals surface area contributed by atoms with Gasteiger partial charge < -0.3 is 4.98 Å². The molecule has 0 fully saturated rings. The molecular formula is C10H9BrN2O. The average Bonchev–Trinajstić information content (AvgIpc) is 2.49. The largest absolute Gasteiger partial charge is 0.330 e. The summed E-state index contributed by atoms with van der Waals surface area (Å²) in [7, 11) is 0. The summed E-state index contributed by atoms with van der Waals surface area (Å²) in [6, 6.07) is 5.86. The first-order valence-electron chi connectivity index (χ1n) is 4.20. The van der Waals surface area contributed by atoms with Gasteiger partial charge in [0.25, 0.3) is 0 Å². The van der Waals surface area contributed by atoms with E-state index in [0.717, 1.165) is 15.7 Å². The lowest BCUT2D eigenvalue weighted by Gasteiger charge is -2.03. The number of imidazole rings is 1. The Hall–Kier alpha value is -1.29. The molecule has 0 saturated carbocycles. The van der Waals surface area contributed by atoms with Gasteiger partial charge in [-0.15, -0.1) is 0 Å². The van der Waals surface area contributed by atoms with E-state index in [1.165, 1.54) is 0 Å². The number of H-pyrrole nitrogens is 1. The third-order valence-electron chi connectivity index (χ3n) is 1.95. The summed E-state index contributed by atoms with van der Waals surface area (Å²) in [6.45, 7) is 1.99. The zero-order valence-corrected chi connectivity index (χ0v) is 9.21. The molecular weight excluding hydrogens is 244 g/mol. The maximum absolute atomic E-state index is 11.3. The molecule has 0 amide bonds. The maximum Gasteiger partial charge on any atom is 0.330 e. The molecule has 0 aliphatic carbocycles. The van der Waals surface area contributed by atoms with Crippen molar-refractivity contribution >= 4 is 15.9 Å². The number of nitrogens with one attached hydrogen (secondary N) is 1. The summed E-state index contributed by atoms with van der Waals surface area (Å²) in [5, 5.41) is 0. The Bertz CT molecular complexity index is 493. The van der Waals surface area contributed by atoms with E-state index in [-0.39, 0.29) is 5.69 Å². The zero-order chi connectivity index (χ0) is 10.1. The molecule has 3 nitrogen and oxygen atoms in total. The number of nitrogens with zero attached hydrogens (tertiary/aromatic N) is 1. The van der Waals surface area contributed by atoms with Crippen LogP contribution in [0.4, 0.5) is 0 Å². The summed E-state index contributed by atoms with van der Waals surface area (Å²) >= 11 is 3.40. The van der Waals surface area contributed by atoms with Crippen LogP contribution in [0.1, 0.15) is 5.56 Å². The van der Waals surface area contributed by atoms with Gasteiger partial charge in [-0.05, 0) is 30.7 Å². The monoisotopic (exact) mass is 252 g/mol. The van der Waals surface area contributed by atoms with Crippen molar-refractivity contribution in [3.8, 4) is 5.69 Å². The van der Waals surface area contributed by atoms with E-state index in [4.69, 9.17) is 0 Å². The molecule has 1 aromatic heterocycles. The first-order valence-corrected chi connectivity index (χ1v) is 5.00. The normalized spacial score (nSPS) is 10.4. The van der Waals surface area contributed by atoms with Crippen LogP contribution in [0.15, 0.2) is 39.9 Å². The number of benzene rings is 1. The lowest BCUT2D eigenvalue weighted by molar-refractivity contribution is 0.984. The summed E-state index contributed by atoms with van der Waals surface area (Å²) in [5.74, 6) is 0. The third-order valence-corrected chi connectivity index (χ3v) is 2.41. The number of aryl methyl sites for hydroxylation is 1. The Morgan fingerprint density at radius 3 is 2.71 bits per heavy atom. The van der Waals surface area contributed by atoms with E-state index >= 15 is 0 Å². The van der Waals surface area contributed by atoms with E-state index in [0.29, 0.717) is 0 Å². The molecule has 1 heterocycles. The Labute approximate surface area is 89.5 Å². The molecule has 14 heavy (non-hydrogen) atoms. The van der Waals surface area contributed by atoms with Crippen LogP contribution in [-0.2, 0) is 0 Å². The Morgan fingerprint density at radius 1 is 1.36 bits per heavy atom. The second-order valence-corrected chi connectivity index (χ2v) is 4.04. The molecule has 0 bridgehead atoms. The highest BCUT2D eigenvalue weighted by atomic mass is 79.9. The van der Waals surface area contributed by atoms with Gasteiger partial charge in [0.15, 0.2) is 0 Å². The number of hydrogen-bond donors (Lipinski definition) is 1. The quantitative estimate of drug-likeness (QED) is 0.831. The first kappa shape index (κ1) is 9.27. The van der Waals surface area contributed by atoms with Gasteiger partial charge in [-0.2, -0.15) is 0 Å². The van der Waals surface area contributed by atoms with Crippen LogP contribution in [0.5, 0.6) is 0 Å². The minimum atomic E-state index is -0.123. The molecule has 72 valence electrons. The molecule has 1 aromatic carbocycles. The SMILES string of the molecule is Cc1cc(Br)cc(-n2cc[nH]c2=O)c1. The van der Waals surface area contributed by atoms with Crippen LogP contribution >= 0.6 is 15.9 Å². The van der Waals surface area contributed by atoms with Crippen molar-refractivity contribution in [2.24, 2.45) is 0 Å². The van der Waals surface area contributed by atoms with E-state index < -0.39 is 0 Å². The topological polar surface area (TPSA) is 37.8 Å². The van der Waals surface area contributed by atoms with Crippen molar-refractivity contribution in [1.29, 1.82) is 0 Å². The lowest BCUT2D eigenvalue weighted by atomic mass is 10.2. The van der Waals surface area contributed by atoms with Crippen molar-refractivity contribution in [2.45, 2.75) is 6.92 Å². The van der Waals surface area contributed by atoms with Gasteiger partial charge >= 0.3 is 5.69 Å². The van der Waals surface area contributed by atoms with Crippen molar-refractivity contribution in [3.63, 3.8) is 0 Å². The molecule has 2 aromatic rings. The van der Waals surface area contributed by atoms with Gasteiger partial charge in [-0.3, -0.25) is 4.57 Å². The van der Waals surface area contributed by atoms with Gasteiger partial charge in [0.1, 0.15) is 0 Å². The molecule has 0 spiro atoms. The molecule has 0 aliphatic rings. The van der Waals surface area contributed by atoms with Crippen LogP contribution in [0.2, 0.25) is 0 Å². The van der Waals surface area contributed by atoms with Crippen LogP contribution in [0.25, 0.3) is 5.69 Å². The van der Waals surface area contributed by atoms with E-state index in [9.17, 15) is 4.79 Å². The molecule has 0 unspecified atom stereocenters. The molecule has 1 N–H and O–H groups in total. The minimum Gasteiger partial charge on any atom is -0.312 e. The molecule has 0 radical (unpaired) electrons. The maximum atomic E-state index is 11.3. The predicted octanol–water partition coefficient (Wildman–Crippen LogP) is 2.24. The van der Waals surface area contributed by atoms with Crippen molar-refractivity contribution in [2.75, 3.05) is 0 Å². The summed E-state index contributed by atoms with van der Waals surface area (Å²) in [4.78, 5) is 13.9. The van der Waals surface area contributed by atoms with E-state index in [1.807, 2.05) is 25.1 Å². The minimum absolute atomic E-state index is 0.123. The highest BCUT2D eigenvalue weighted by Gasteiger charge is 2.01. The fourth-order valence-electron chi connectivity index (χ4n) is 1.38. The number of halogens is 1. The third kappa shape index (κ3) is 1.65. The van der Waals surface area contributed by atoms with Crippen LogP contribution in [-0.4, -0.2) is 9.55 Å². The average molecular weight is 253 g/mol. The second kappa shape index (κ2) is 3.46. The molecule has 4 heteroatoms. The Balaban J connectivity index is 2.63. The van der Waals surface area contributed by atoms with Gasteiger partial charge in [0, 0.05) is 16.9 Å². The predicted molar refractivity (Wildman–Crippen MR) is 58.8 cm³/mol. The second-order valence-electron chi connectivity index (χ2n) is 3.12. The number of rotatable bonds is 1. The highest BCUT2D eigenvalue weighted by molar-refractivity contribution is 9.10. The smallest absolute Gasteiger partial charge is 0.312 e. The number of aromatic amines is 1.